The number of hydrogen-bond donors (Lipinski definition) is 2. The Bertz CT molecular complexity index is 617. The molecular formula is C13H12ClN3O3. The van der Waals surface area contributed by atoms with Crippen molar-refractivity contribution in [3.8, 4) is 0 Å². The molecule has 2 heterocycles. The summed E-state index contributed by atoms with van der Waals surface area (Å²) in [5, 5.41) is 13.1. The van der Waals surface area contributed by atoms with Crippen LogP contribution in [0.5, 0.6) is 0 Å². The van der Waals surface area contributed by atoms with Crippen molar-refractivity contribution in [2.75, 3.05) is 0 Å². The summed E-state index contributed by atoms with van der Waals surface area (Å²) in [4.78, 5) is 28.7. The van der Waals surface area contributed by atoms with Crippen molar-refractivity contribution in [2.24, 2.45) is 4.99 Å². The maximum Gasteiger partial charge on any atom is 0.249 e. The molecule has 1 fully saturated rings. The van der Waals surface area contributed by atoms with Crippen LogP contribution < -0.4 is 5.32 Å². The molecule has 2 N–H and O–H groups in total. The second-order valence-corrected chi connectivity index (χ2v) is 5.11. The second-order valence-electron chi connectivity index (χ2n) is 4.70. The third-order valence-electron chi connectivity index (χ3n) is 3.47. The zero-order chi connectivity index (χ0) is 14.3. The first-order valence-electron chi connectivity index (χ1n) is 6.20. The standard InChI is InChI=1S/C13H12ClN3O3/c14-7-2-1-3-8-11(7)13(20)17(6-15-8)9-4-5-10(18)16-12(9)19/h1-3,6,9,13,20H,4-5H2,(H,16,18,19). The fourth-order valence-corrected chi connectivity index (χ4v) is 2.72. The molecular weight excluding hydrogens is 282 g/mol. The van der Waals surface area contributed by atoms with Crippen LogP contribution in [0, 0.1) is 0 Å². The van der Waals surface area contributed by atoms with Gasteiger partial charge in [-0.25, -0.2) is 4.99 Å². The van der Waals surface area contributed by atoms with E-state index in [9.17, 15) is 14.7 Å². The number of fused-ring (bicyclic) bond motifs is 1. The van der Waals surface area contributed by atoms with E-state index < -0.39 is 18.2 Å². The minimum atomic E-state index is -1.06. The van der Waals surface area contributed by atoms with Gasteiger partial charge in [-0.2, -0.15) is 0 Å². The first-order valence-corrected chi connectivity index (χ1v) is 6.57. The number of aliphatic hydroxyl groups excluding tert-OH is 1. The highest BCUT2D eigenvalue weighted by Gasteiger charge is 2.36. The molecule has 0 spiro atoms. The van der Waals surface area contributed by atoms with Gasteiger partial charge < -0.3 is 10.0 Å². The van der Waals surface area contributed by atoms with E-state index in [-0.39, 0.29) is 12.3 Å². The van der Waals surface area contributed by atoms with Gasteiger partial charge in [-0.05, 0) is 18.6 Å². The summed E-state index contributed by atoms with van der Waals surface area (Å²) >= 11 is 6.09. The maximum atomic E-state index is 11.9. The molecule has 1 saturated heterocycles. The van der Waals surface area contributed by atoms with Gasteiger partial charge in [0.25, 0.3) is 0 Å². The second kappa shape index (κ2) is 4.88. The lowest BCUT2D eigenvalue weighted by Gasteiger charge is -2.37. The average molecular weight is 294 g/mol. The summed E-state index contributed by atoms with van der Waals surface area (Å²) in [6, 6.07) is 4.51. The van der Waals surface area contributed by atoms with Crippen LogP contribution in [0.1, 0.15) is 24.6 Å². The van der Waals surface area contributed by atoms with Gasteiger partial charge in [-0.15, -0.1) is 0 Å². The van der Waals surface area contributed by atoms with Crippen LogP contribution >= 0.6 is 11.6 Å². The van der Waals surface area contributed by atoms with Gasteiger partial charge in [0.15, 0.2) is 6.23 Å². The highest BCUT2D eigenvalue weighted by Crippen LogP contribution is 2.37. The van der Waals surface area contributed by atoms with E-state index in [2.05, 4.69) is 10.3 Å². The van der Waals surface area contributed by atoms with Gasteiger partial charge in [-0.1, -0.05) is 17.7 Å². The highest BCUT2D eigenvalue weighted by atomic mass is 35.5. The molecule has 2 atom stereocenters. The van der Waals surface area contributed by atoms with E-state index in [4.69, 9.17) is 11.6 Å². The number of amides is 2. The molecule has 2 aliphatic rings. The summed E-state index contributed by atoms with van der Waals surface area (Å²) in [5.41, 5.74) is 1.05. The number of nitrogens with zero attached hydrogens (tertiary/aromatic N) is 2. The monoisotopic (exact) mass is 293 g/mol. The van der Waals surface area contributed by atoms with Crippen molar-refractivity contribution in [1.82, 2.24) is 10.2 Å². The topological polar surface area (TPSA) is 82.0 Å². The van der Waals surface area contributed by atoms with Crippen molar-refractivity contribution in [2.45, 2.75) is 25.1 Å². The average Bonchev–Trinajstić information content (AvgIpc) is 2.40. The molecule has 2 aliphatic heterocycles. The number of aliphatic hydroxyl groups is 1. The molecule has 1 aromatic carbocycles. The molecule has 3 rings (SSSR count). The molecule has 0 bridgehead atoms. The number of hydrogen-bond acceptors (Lipinski definition) is 5. The van der Waals surface area contributed by atoms with Crippen LogP contribution in [0.2, 0.25) is 5.02 Å². The Hall–Kier alpha value is -1.92. The SMILES string of the molecule is O=C1CCC(N2C=Nc3cccc(Cl)c3C2O)C(=O)N1. The molecule has 1 aromatic rings. The van der Waals surface area contributed by atoms with E-state index in [1.54, 1.807) is 18.2 Å². The Kier molecular flexibility index (Phi) is 3.19. The van der Waals surface area contributed by atoms with Crippen LogP contribution in [-0.2, 0) is 9.59 Å². The Morgan fingerprint density at radius 3 is 2.95 bits per heavy atom. The molecule has 2 unspecified atom stereocenters. The molecule has 0 aliphatic carbocycles. The minimum absolute atomic E-state index is 0.239. The summed E-state index contributed by atoms with van der Waals surface area (Å²) in [6.45, 7) is 0. The smallest absolute Gasteiger partial charge is 0.249 e. The number of carbonyl (C=O) groups is 2. The number of imide groups is 1. The van der Waals surface area contributed by atoms with E-state index in [0.29, 0.717) is 22.7 Å². The quantitative estimate of drug-likeness (QED) is 0.760. The van der Waals surface area contributed by atoms with E-state index >= 15 is 0 Å². The van der Waals surface area contributed by atoms with Gasteiger partial charge in [-0.3, -0.25) is 14.9 Å². The van der Waals surface area contributed by atoms with Crippen molar-refractivity contribution < 1.29 is 14.7 Å². The van der Waals surface area contributed by atoms with E-state index in [1.807, 2.05) is 0 Å². The van der Waals surface area contributed by atoms with Crippen LogP contribution in [0.15, 0.2) is 23.2 Å². The number of rotatable bonds is 1. The van der Waals surface area contributed by atoms with Crippen LogP contribution in [0.4, 0.5) is 5.69 Å². The predicted octanol–water partition coefficient (Wildman–Crippen LogP) is 1.11. The Morgan fingerprint density at radius 2 is 2.20 bits per heavy atom. The van der Waals surface area contributed by atoms with Gasteiger partial charge in [0, 0.05) is 12.0 Å². The predicted molar refractivity (Wildman–Crippen MR) is 72.6 cm³/mol. The summed E-state index contributed by atoms with van der Waals surface area (Å²) in [5.74, 6) is -0.727. The fraction of sp³-hybridized carbons (Fsp3) is 0.308. The normalized spacial score (nSPS) is 25.4. The van der Waals surface area contributed by atoms with Gasteiger partial charge >= 0.3 is 0 Å². The highest BCUT2D eigenvalue weighted by molar-refractivity contribution is 6.31. The van der Waals surface area contributed by atoms with Crippen LogP contribution in [0.3, 0.4) is 0 Å². The first kappa shape index (κ1) is 13.1. The van der Waals surface area contributed by atoms with Crippen molar-refractivity contribution in [3.63, 3.8) is 0 Å². The Balaban J connectivity index is 1.93. The summed E-state index contributed by atoms with van der Waals surface area (Å²) in [7, 11) is 0. The molecule has 20 heavy (non-hydrogen) atoms. The number of benzene rings is 1. The van der Waals surface area contributed by atoms with E-state index in [0.717, 1.165) is 0 Å². The van der Waals surface area contributed by atoms with Crippen molar-refractivity contribution in [1.29, 1.82) is 0 Å². The van der Waals surface area contributed by atoms with Gasteiger partial charge in [0.05, 0.1) is 17.0 Å². The van der Waals surface area contributed by atoms with Gasteiger partial charge in [0.1, 0.15) is 6.04 Å². The van der Waals surface area contributed by atoms with Crippen molar-refractivity contribution in [3.05, 3.63) is 28.8 Å². The number of aliphatic imine (C=N–C) groups is 1. The zero-order valence-electron chi connectivity index (χ0n) is 10.4. The molecule has 0 radical (unpaired) electrons. The fourth-order valence-electron chi connectivity index (χ4n) is 2.45. The van der Waals surface area contributed by atoms with E-state index in [1.165, 1.54) is 11.2 Å². The summed E-state index contributed by atoms with van der Waals surface area (Å²) < 4.78 is 0. The summed E-state index contributed by atoms with van der Waals surface area (Å²) in [6.07, 6.45) is 0.944. The lowest BCUT2D eigenvalue weighted by molar-refractivity contribution is -0.138. The largest absolute Gasteiger partial charge is 0.369 e. The molecule has 104 valence electrons. The molecule has 6 nitrogen and oxygen atoms in total. The third kappa shape index (κ3) is 2.07. The maximum absolute atomic E-state index is 11.9. The molecule has 0 aromatic heterocycles. The number of piperidine rings is 1. The lowest BCUT2D eigenvalue weighted by Crippen LogP contribution is -2.53. The zero-order valence-corrected chi connectivity index (χ0v) is 11.2. The van der Waals surface area contributed by atoms with Crippen molar-refractivity contribution >= 4 is 35.4 Å². The Morgan fingerprint density at radius 1 is 1.40 bits per heavy atom. The Labute approximate surface area is 120 Å². The molecule has 7 heteroatoms. The minimum Gasteiger partial charge on any atom is -0.369 e. The number of nitrogens with one attached hydrogen (secondary N) is 1. The van der Waals surface area contributed by atoms with Gasteiger partial charge in [0.2, 0.25) is 11.8 Å². The first-order chi connectivity index (χ1) is 9.58. The number of carbonyl (C=O) groups excluding carboxylic acids is 2. The molecule has 2 amide bonds. The number of halogens is 1. The third-order valence-corrected chi connectivity index (χ3v) is 3.80. The van der Waals surface area contributed by atoms with Crippen LogP contribution in [0.25, 0.3) is 0 Å². The van der Waals surface area contributed by atoms with Crippen LogP contribution in [-0.4, -0.2) is 34.2 Å². The lowest BCUT2D eigenvalue weighted by atomic mass is 10.0. The molecule has 0 saturated carbocycles.